The minimum absolute atomic E-state index is 0. The summed E-state index contributed by atoms with van der Waals surface area (Å²) in [5.41, 5.74) is 6.43. The number of hydrogen-bond donors (Lipinski definition) is 1. The molecule has 0 unspecified atom stereocenters. The van der Waals surface area contributed by atoms with E-state index in [1.54, 1.807) is 6.92 Å². The lowest BCUT2D eigenvalue weighted by Crippen LogP contribution is -2.06. The average Bonchev–Trinajstić information content (AvgIpc) is 2.99. The van der Waals surface area contributed by atoms with Crippen molar-refractivity contribution >= 4 is 30.1 Å². The SMILES string of the molecule is COC(=O)c1noc(C)c1CSc1nnc(CN)n1C.Cl. The molecule has 0 radical (unpaired) electrons. The lowest BCUT2D eigenvalue weighted by molar-refractivity contribution is 0.0588. The van der Waals surface area contributed by atoms with E-state index >= 15 is 0 Å². The van der Waals surface area contributed by atoms with Crippen LogP contribution in [-0.2, 0) is 24.1 Å². The van der Waals surface area contributed by atoms with E-state index in [0.717, 1.165) is 0 Å². The van der Waals surface area contributed by atoms with Gasteiger partial charge in [-0.05, 0) is 6.92 Å². The summed E-state index contributed by atoms with van der Waals surface area (Å²) in [6, 6.07) is 0. The molecule has 0 aliphatic heterocycles. The molecule has 2 aromatic rings. The number of nitrogens with zero attached hydrogens (tertiary/aromatic N) is 4. The highest BCUT2D eigenvalue weighted by molar-refractivity contribution is 7.98. The number of carbonyl (C=O) groups is 1. The molecule has 0 aliphatic carbocycles. The molecule has 0 aromatic carbocycles. The van der Waals surface area contributed by atoms with Crippen molar-refractivity contribution in [2.45, 2.75) is 24.4 Å². The Morgan fingerprint density at radius 3 is 2.76 bits per heavy atom. The fourth-order valence-corrected chi connectivity index (χ4v) is 2.61. The Kier molecular flexibility index (Phi) is 6.19. The summed E-state index contributed by atoms with van der Waals surface area (Å²) in [4.78, 5) is 11.6. The standard InChI is InChI=1S/C11H15N5O3S.ClH/c1-6-7(9(15-19-6)10(17)18-3)5-20-11-14-13-8(4-12)16(11)2;/h4-5,12H2,1-3H3;1H. The number of ether oxygens (including phenoxy) is 1. The highest BCUT2D eigenvalue weighted by Crippen LogP contribution is 2.25. The van der Waals surface area contributed by atoms with E-state index in [1.807, 2.05) is 11.6 Å². The molecule has 0 aliphatic rings. The van der Waals surface area contributed by atoms with Crippen molar-refractivity contribution < 1.29 is 14.1 Å². The highest BCUT2D eigenvalue weighted by atomic mass is 35.5. The van der Waals surface area contributed by atoms with Crippen LogP contribution in [0.1, 0.15) is 27.6 Å². The molecule has 0 atom stereocenters. The molecule has 116 valence electrons. The molecule has 10 heteroatoms. The summed E-state index contributed by atoms with van der Waals surface area (Å²) < 4.78 is 11.5. The summed E-state index contributed by atoms with van der Waals surface area (Å²) in [7, 11) is 3.14. The van der Waals surface area contributed by atoms with Gasteiger partial charge in [-0.1, -0.05) is 16.9 Å². The third kappa shape index (κ3) is 3.55. The van der Waals surface area contributed by atoms with Gasteiger partial charge in [0.15, 0.2) is 10.9 Å². The van der Waals surface area contributed by atoms with Crippen molar-refractivity contribution in [3.05, 3.63) is 22.8 Å². The van der Waals surface area contributed by atoms with Gasteiger partial charge in [0.1, 0.15) is 11.6 Å². The van der Waals surface area contributed by atoms with Gasteiger partial charge in [0.05, 0.1) is 13.7 Å². The zero-order valence-electron chi connectivity index (χ0n) is 11.8. The van der Waals surface area contributed by atoms with Gasteiger partial charge in [-0.2, -0.15) is 0 Å². The zero-order chi connectivity index (χ0) is 14.7. The van der Waals surface area contributed by atoms with E-state index in [1.165, 1.54) is 18.9 Å². The molecule has 8 nitrogen and oxygen atoms in total. The van der Waals surface area contributed by atoms with Crippen LogP contribution in [0.4, 0.5) is 0 Å². The maximum atomic E-state index is 11.6. The van der Waals surface area contributed by atoms with Crippen LogP contribution < -0.4 is 5.73 Å². The van der Waals surface area contributed by atoms with Crippen LogP contribution in [0, 0.1) is 6.92 Å². The predicted molar refractivity (Wildman–Crippen MR) is 78.3 cm³/mol. The van der Waals surface area contributed by atoms with Gasteiger partial charge in [0.25, 0.3) is 0 Å². The monoisotopic (exact) mass is 333 g/mol. The first kappa shape index (κ1) is 17.5. The topological polar surface area (TPSA) is 109 Å². The number of rotatable bonds is 5. The Bertz CT molecular complexity index is 627. The maximum Gasteiger partial charge on any atom is 0.360 e. The Morgan fingerprint density at radius 2 is 2.19 bits per heavy atom. The Balaban J connectivity index is 0.00000220. The molecular weight excluding hydrogens is 318 g/mol. The number of methoxy groups -OCH3 is 1. The van der Waals surface area contributed by atoms with Crippen molar-refractivity contribution in [3.8, 4) is 0 Å². The van der Waals surface area contributed by atoms with E-state index in [9.17, 15) is 4.79 Å². The first-order chi connectivity index (χ1) is 9.58. The van der Waals surface area contributed by atoms with Gasteiger partial charge in [-0.3, -0.25) is 0 Å². The molecular formula is C11H16ClN5O3S. The second-order valence-electron chi connectivity index (χ2n) is 4.01. The van der Waals surface area contributed by atoms with E-state index < -0.39 is 5.97 Å². The summed E-state index contributed by atoms with van der Waals surface area (Å²) in [5, 5.41) is 12.4. The quantitative estimate of drug-likeness (QED) is 0.639. The third-order valence-corrected chi connectivity index (χ3v) is 3.86. The molecule has 0 fully saturated rings. The van der Waals surface area contributed by atoms with E-state index in [0.29, 0.717) is 34.6 Å². The van der Waals surface area contributed by atoms with Crippen LogP contribution >= 0.6 is 24.2 Å². The molecule has 2 heterocycles. The zero-order valence-corrected chi connectivity index (χ0v) is 13.5. The second-order valence-corrected chi connectivity index (χ2v) is 4.95. The number of carbonyl (C=O) groups excluding carboxylic acids is 1. The number of thioether (sulfide) groups is 1. The lowest BCUT2D eigenvalue weighted by Gasteiger charge is -2.02. The van der Waals surface area contributed by atoms with Crippen molar-refractivity contribution in [3.63, 3.8) is 0 Å². The van der Waals surface area contributed by atoms with Gasteiger partial charge in [-0.25, -0.2) is 4.79 Å². The Hall–Kier alpha value is -1.58. The minimum atomic E-state index is -0.516. The molecule has 0 bridgehead atoms. The number of nitrogens with two attached hydrogens (primary N) is 1. The van der Waals surface area contributed by atoms with Crippen LogP contribution in [0.3, 0.4) is 0 Å². The number of esters is 1. The van der Waals surface area contributed by atoms with Gasteiger partial charge in [0.2, 0.25) is 0 Å². The molecule has 2 N–H and O–H groups in total. The normalized spacial score (nSPS) is 10.3. The lowest BCUT2D eigenvalue weighted by atomic mass is 10.2. The van der Waals surface area contributed by atoms with Crippen molar-refractivity contribution in [2.75, 3.05) is 7.11 Å². The first-order valence-corrected chi connectivity index (χ1v) is 6.81. The molecule has 0 amide bonds. The van der Waals surface area contributed by atoms with Gasteiger partial charge in [-0.15, -0.1) is 22.6 Å². The Labute approximate surface area is 131 Å². The van der Waals surface area contributed by atoms with Crippen molar-refractivity contribution in [1.82, 2.24) is 19.9 Å². The highest BCUT2D eigenvalue weighted by Gasteiger charge is 2.21. The van der Waals surface area contributed by atoms with E-state index in [-0.39, 0.29) is 18.1 Å². The maximum absolute atomic E-state index is 11.6. The smallest absolute Gasteiger partial charge is 0.360 e. The molecule has 21 heavy (non-hydrogen) atoms. The number of aromatic nitrogens is 4. The number of aryl methyl sites for hydroxylation is 1. The van der Waals surface area contributed by atoms with Crippen molar-refractivity contribution in [2.24, 2.45) is 12.8 Å². The van der Waals surface area contributed by atoms with Crippen LogP contribution in [0.25, 0.3) is 0 Å². The molecule has 2 rings (SSSR count). The van der Waals surface area contributed by atoms with Crippen LogP contribution in [0.5, 0.6) is 0 Å². The largest absolute Gasteiger partial charge is 0.464 e. The predicted octanol–water partition coefficient (Wildman–Crippen LogP) is 1.07. The van der Waals surface area contributed by atoms with Gasteiger partial charge >= 0.3 is 5.97 Å². The van der Waals surface area contributed by atoms with E-state index in [4.69, 9.17) is 10.3 Å². The summed E-state index contributed by atoms with van der Waals surface area (Å²) in [5.74, 6) is 1.25. The fourth-order valence-electron chi connectivity index (χ4n) is 1.60. The fraction of sp³-hybridized carbons (Fsp3) is 0.455. The minimum Gasteiger partial charge on any atom is -0.464 e. The van der Waals surface area contributed by atoms with E-state index in [2.05, 4.69) is 20.1 Å². The molecule has 0 spiro atoms. The first-order valence-electron chi connectivity index (χ1n) is 5.83. The summed E-state index contributed by atoms with van der Waals surface area (Å²) in [6.07, 6.45) is 0. The second kappa shape index (κ2) is 7.43. The van der Waals surface area contributed by atoms with Crippen LogP contribution in [0.2, 0.25) is 0 Å². The third-order valence-electron chi connectivity index (χ3n) is 2.82. The Morgan fingerprint density at radius 1 is 1.48 bits per heavy atom. The van der Waals surface area contributed by atoms with Gasteiger partial charge < -0.3 is 19.6 Å². The number of halogens is 1. The average molecular weight is 334 g/mol. The summed E-state index contributed by atoms with van der Waals surface area (Å²) >= 11 is 1.42. The van der Waals surface area contributed by atoms with Gasteiger partial charge in [0, 0.05) is 18.4 Å². The molecule has 0 saturated carbocycles. The number of hydrogen-bond acceptors (Lipinski definition) is 8. The van der Waals surface area contributed by atoms with Crippen LogP contribution in [0.15, 0.2) is 9.68 Å². The molecule has 2 aromatic heterocycles. The summed E-state index contributed by atoms with van der Waals surface area (Å²) in [6.45, 7) is 2.07. The molecule has 0 saturated heterocycles. The van der Waals surface area contributed by atoms with Crippen molar-refractivity contribution in [1.29, 1.82) is 0 Å². The van der Waals surface area contributed by atoms with Crippen LogP contribution in [-0.4, -0.2) is 33.0 Å².